The van der Waals surface area contributed by atoms with Crippen molar-refractivity contribution in [2.45, 2.75) is 33.1 Å². The van der Waals surface area contributed by atoms with E-state index in [0.717, 1.165) is 55.9 Å². The van der Waals surface area contributed by atoms with Crippen molar-refractivity contribution >= 4 is 22.1 Å². The first-order valence-electron chi connectivity index (χ1n) is 12.3. The average molecular weight is 471 g/mol. The topological polar surface area (TPSA) is 72.3 Å². The minimum absolute atomic E-state index is 0.253. The molecule has 0 unspecified atom stereocenters. The van der Waals surface area contributed by atoms with E-state index in [-0.39, 0.29) is 5.75 Å². The van der Waals surface area contributed by atoms with Crippen LogP contribution in [0.5, 0.6) is 5.75 Å². The quantitative estimate of drug-likeness (QED) is 0.232. The van der Waals surface area contributed by atoms with Crippen LogP contribution in [0.25, 0.3) is 21.9 Å². The van der Waals surface area contributed by atoms with E-state index in [1.807, 2.05) is 12.1 Å². The predicted octanol–water partition coefficient (Wildman–Crippen LogP) is 7.31. The molecule has 178 valence electrons. The van der Waals surface area contributed by atoms with Crippen LogP contribution in [-0.4, -0.2) is 5.11 Å². The molecule has 1 aliphatic rings. The molecule has 0 fully saturated rings. The van der Waals surface area contributed by atoms with Crippen molar-refractivity contribution in [2.75, 3.05) is 11.5 Å². The fraction of sp³-hybridized carbons (Fsp3) is 0.152. The van der Waals surface area contributed by atoms with Gasteiger partial charge in [-0.2, -0.15) is 0 Å². The second-order valence-corrected chi connectivity index (χ2v) is 10.3. The minimum Gasteiger partial charge on any atom is -0.508 e. The highest BCUT2D eigenvalue weighted by Crippen LogP contribution is 2.58. The molecular weight excluding hydrogens is 440 g/mol. The summed E-state index contributed by atoms with van der Waals surface area (Å²) in [6, 6.07) is 27.7. The molecule has 0 radical (unpaired) electrons. The highest BCUT2D eigenvalue weighted by Gasteiger charge is 2.47. The number of nitrogen functional groups attached to an aromatic ring is 2. The van der Waals surface area contributed by atoms with E-state index in [9.17, 15) is 5.11 Å². The number of rotatable bonds is 2. The molecule has 36 heavy (non-hydrogen) atoms. The largest absolute Gasteiger partial charge is 0.508 e. The van der Waals surface area contributed by atoms with Crippen LogP contribution in [0.1, 0.15) is 44.5 Å². The van der Waals surface area contributed by atoms with Gasteiger partial charge in [0.2, 0.25) is 0 Å². The molecule has 0 heterocycles. The van der Waals surface area contributed by atoms with Crippen molar-refractivity contribution in [3.05, 3.63) is 123 Å². The van der Waals surface area contributed by atoms with E-state index in [0.29, 0.717) is 0 Å². The Balaban J connectivity index is 1.86. The first-order chi connectivity index (χ1) is 17.2. The second kappa shape index (κ2) is 7.63. The fourth-order valence-corrected chi connectivity index (χ4v) is 6.17. The van der Waals surface area contributed by atoms with Gasteiger partial charge >= 0.3 is 0 Å². The van der Waals surface area contributed by atoms with Crippen LogP contribution in [0.3, 0.4) is 0 Å². The number of aromatic hydroxyl groups is 1. The van der Waals surface area contributed by atoms with E-state index in [4.69, 9.17) is 11.5 Å². The van der Waals surface area contributed by atoms with Crippen LogP contribution in [-0.2, 0) is 5.41 Å². The van der Waals surface area contributed by atoms with Crippen molar-refractivity contribution in [1.82, 2.24) is 0 Å². The lowest BCUT2D eigenvalue weighted by atomic mass is 9.66. The summed E-state index contributed by atoms with van der Waals surface area (Å²) < 4.78 is 0. The molecule has 0 saturated carbocycles. The zero-order valence-electron chi connectivity index (χ0n) is 21.1. The summed E-state index contributed by atoms with van der Waals surface area (Å²) >= 11 is 0. The third-order valence-corrected chi connectivity index (χ3v) is 8.04. The second-order valence-electron chi connectivity index (χ2n) is 10.3. The zero-order chi connectivity index (χ0) is 25.4. The van der Waals surface area contributed by atoms with Crippen LogP contribution < -0.4 is 11.5 Å². The Labute approximate surface area is 212 Å². The van der Waals surface area contributed by atoms with Crippen molar-refractivity contribution in [1.29, 1.82) is 0 Å². The van der Waals surface area contributed by atoms with Crippen molar-refractivity contribution in [3.63, 3.8) is 0 Å². The van der Waals surface area contributed by atoms with Gasteiger partial charge in [0.25, 0.3) is 0 Å². The Morgan fingerprint density at radius 1 is 0.556 bits per heavy atom. The maximum absolute atomic E-state index is 10.8. The molecule has 0 saturated heterocycles. The molecule has 3 nitrogen and oxygen atoms in total. The van der Waals surface area contributed by atoms with Gasteiger partial charge in [-0.3, -0.25) is 0 Å². The molecule has 0 spiro atoms. The SMILES string of the molecule is Cc1cc(C2(c3cc(C)c(N)c(C)c3)c3cc(O)ccc3-c3cc4ccccc4cc32)cc(C)c1N. The monoisotopic (exact) mass is 470 g/mol. The van der Waals surface area contributed by atoms with E-state index >= 15 is 0 Å². The summed E-state index contributed by atoms with van der Waals surface area (Å²) in [6.45, 7) is 8.27. The van der Waals surface area contributed by atoms with Gasteiger partial charge in [-0.05, 0) is 118 Å². The van der Waals surface area contributed by atoms with Gasteiger partial charge in [0.05, 0.1) is 5.41 Å². The van der Waals surface area contributed by atoms with E-state index in [1.54, 1.807) is 6.07 Å². The molecular formula is C33H30N2O. The Morgan fingerprint density at radius 3 is 1.56 bits per heavy atom. The van der Waals surface area contributed by atoms with Crippen molar-refractivity contribution in [3.8, 4) is 16.9 Å². The molecule has 5 aromatic rings. The smallest absolute Gasteiger partial charge is 0.115 e. The van der Waals surface area contributed by atoms with Gasteiger partial charge in [-0.1, -0.05) is 54.6 Å². The molecule has 5 aromatic carbocycles. The number of nitrogens with two attached hydrogens (primary N) is 2. The van der Waals surface area contributed by atoms with Gasteiger partial charge in [0.1, 0.15) is 5.75 Å². The molecule has 0 aromatic heterocycles. The van der Waals surface area contributed by atoms with Crippen LogP contribution >= 0.6 is 0 Å². The number of aryl methyl sites for hydroxylation is 4. The maximum atomic E-state index is 10.8. The molecule has 3 heteroatoms. The van der Waals surface area contributed by atoms with Gasteiger partial charge in [0.15, 0.2) is 0 Å². The van der Waals surface area contributed by atoms with Crippen LogP contribution in [0.15, 0.2) is 78.9 Å². The maximum Gasteiger partial charge on any atom is 0.115 e. The average Bonchev–Trinajstić information content (AvgIpc) is 3.13. The molecule has 6 rings (SSSR count). The lowest BCUT2D eigenvalue weighted by Crippen LogP contribution is -2.29. The summed E-state index contributed by atoms with van der Waals surface area (Å²) in [5.41, 5.74) is 24.9. The Hall–Kier alpha value is -4.24. The van der Waals surface area contributed by atoms with Gasteiger partial charge < -0.3 is 16.6 Å². The standard InChI is InChI=1S/C33H30N2O/c1-18-11-24(12-19(2)31(18)34)33(25-13-20(3)32(35)21(4)14-25)29-16-23-8-6-5-7-22(23)15-28(29)27-10-9-26(36)17-30(27)33/h5-17,36H,34-35H2,1-4H3. The number of hydrogen-bond acceptors (Lipinski definition) is 3. The molecule has 0 aliphatic heterocycles. The van der Waals surface area contributed by atoms with Crippen LogP contribution in [0.4, 0.5) is 11.4 Å². The summed E-state index contributed by atoms with van der Waals surface area (Å²) in [5.74, 6) is 0.253. The van der Waals surface area contributed by atoms with Gasteiger partial charge in [0, 0.05) is 11.4 Å². The predicted molar refractivity (Wildman–Crippen MR) is 151 cm³/mol. The number of benzene rings is 5. The Kier molecular flexibility index (Phi) is 4.71. The van der Waals surface area contributed by atoms with Gasteiger partial charge in [-0.25, -0.2) is 0 Å². The lowest BCUT2D eigenvalue weighted by Gasteiger charge is -2.35. The molecule has 5 N–H and O–H groups in total. The number of fused-ring (bicyclic) bond motifs is 4. The van der Waals surface area contributed by atoms with Gasteiger partial charge in [-0.15, -0.1) is 0 Å². The number of anilines is 2. The number of hydrogen-bond donors (Lipinski definition) is 3. The molecule has 0 amide bonds. The molecule has 1 aliphatic carbocycles. The van der Waals surface area contributed by atoms with Crippen LogP contribution in [0, 0.1) is 27.7 Å². The lowest BCUT2D eigenvalue weighted by molar-refractivity contribution is 0.474. The van der Waals surface area contributed by atoms with E-state index in [1.165, 1.54) is 21.9 Å². The van der Waals surface area contributed by atoms with Crippen molar-refractivity contribution in [2.24, 2.45) is 0 Å². The third kappa shape index (κ3) is 2.92. The zero-order valence-corrected chi connectivity index (χ0v) is 21.1. The number of phenols is 1. The number of phenolic OH excluding ortho intramolecular Hbond substituents is 1. The highest BCUT2D eigenvalue weighted by molar-refractivity contribution is 5.96. The molecule has 0 atom stereocenters. The first kappa shape index (κ1) is 22.2. The summed E-state index contributed by atoms with van der Waals surface area (Å²) in [4.78, 5) is 0. The highest BCUT2D eigenvalue weighted by atomic mass is 16.3. The molecule has 0 bridgehead atoms. The normalized spacial score (nSPS) is 13.6. The summed E-state index contributed by atoms with van der Waals surface area (Å²) in [6.07, 6.45) is 0. The first-order valence-corrected chi connectivity index (χ1v) is 12.3. The van der Waals surface area contributed by atoms with E-state index < -0.39 is 5.41 Å². The summed E-state index contributed by atoms with van der Waals surface area (Å²) in [7, 11) is 0. The fourth-order valence-electron chi connectivity index (χ4n) is 6.17. The van der Waals surface area contributed by atoms with Crippen molar-refractivity contribution < 1.29 is 5.11 Å². The minimum atomic E-state index is -0.639. The van der Waals surface area contributed by atoms with E-state index in [2.05, 4.69) is 88.4 Å². The van der Waals surface area contributed by atoms with Crippen LogP contribution in [0.2, 0.25) is 0 Å². The summed E-state index contributed by atoms with van der Waals surface area (Å²) in [5, 5.41) is 13.1. The Morgan fingerprint density at radius 2 is 1.03 bits per heavy atom. The third-order valence-electron chi connectivity index (χ3n) is 8.04. The Bertz CT molecular complexity index is 1610.